The Morgan fingerprint density at radius 2 is 2.00 bits per heavy atom. The normalized spacial score (nSPS) is 18.9. The van der Waals surface area contributed by atoms with E-state index in [1.54, 1.807) is 6.07 Å². The molecule has 1 fully saturated rings. The summed E-state index contributed by atoms with van der Waals surface area (Å²) >= 11 is 3.34. The second-order valence-corrected chi connectivity index (χ2v) is 7.29. The Kier molecular flexibility index (Phi) is 6.24. The Morgan fingerprint density at radius 3 is 2.57 bits per heavy atom. The zero-order valence-electron chi connectivity index (χ0n) is 13.2. The molecule has 1 saturated carbocycles. The van der Waals surface area contributed by atoms with Crippen LogP contribution in [0.2, 0.25) is 0 Å². The van der Waals surface area contributed by atoms with Gasteiger partial charge in [0.05, 0.1) is 0 Å². The molecule has 1 atom stereocenters. The van der Waals surface area contributed by atoms with E-state index < -0.39 is 0 Å². The third kappa shape index (κ3) is 4.07. The quantitative estimate of drug-likeness (QED) is 0.683. The predicted octanol–water partition coefficient (Wildman–Crippen LogP) is 5.47. The molecule has 0 aliphatic heterocycles. The molecule has 1 aliphatic carbocycles. The van der Waals surface area contributed by atoms with Gasteiger partial charge in [0.25, 0.3) is 0 Å². The van der Waals surface area contributed by atoms with E-state index in [9.17, 15) is 4.39 Å². The Hall–Kier alpha value is -0.410. The average Bonchev–Trinajstić information content (AvgIpc) is 2.95. The highest BCUT2D eigenvalue weighted by Crippen LogP contribution is 2.45. The van der Waals surface area contributed by atoms with E-state index in [2.05, 4.69) is 35.1 Å². The summed E-state index contributed by atoms with van der Waals surface area (Å²) in [6, 6.07) is 5.85. The number of nitrogens with one attached hydrogen (secondary N) is 1. The summed E-state index contributed by atoms with van der Waals surface area (Å²) in [5.41, 5.74) is 1.20. The third-order valence-electron chi connectivity index (χ3n) is 5.12. The summed E-state index contributed by atoms with van der Waals surface area (Å²) in [5.74, 6) is -0.0862. The minimum Gasteiger partial charge on any atom is -0.313 e. The summed E-state index contributed by atoms with van der Waals surface area (Å²) in [6.45, 7) is 5.51. The van der Waals surface area contributed by atoms with Gasteiger partial charge in [0, 0.05) is 10.5 Å². The highest BCUT2D eigenvalue weighted by Gasteiger charge is 2.39. The summed E-state index contributed by atoms with van der Waals surface area (Å²) in [4.78, 5) is 0. The van der Waals surface area contributed by atoms with E-state index in [0.717, 1.165) is 29.4 Å². The van der Waals surface area contributed by atoms with Crippen LogP contribution in [0.15, 0.2) is 22.7 Å². The van der Waals surface area contributed by atoms with Gasteiger partial charge in [0.15, 0.2) is 0 Å². The van der Waals surface area contributed by atoms with Crippen molar-refractivity contribution in [3.05, 3.63) is 34.1 Å². The molecule has 0 radical (unpaired) electrons. The van der Waals surface area contributed by atoms with Gasteiger partial charge >= 0.3 is 0 Å². The number of hydrogen-bond donors (Lipinski definition) is 1. The molecule has 1 aliphatic rings. The van der Waals surface area contributed by atoms with Gasteiger partial charge < -0.3 is 5.32 Å². The van der Waals surface area contributed by atoms with Gasteiger partial charge in [-0.25, -0.2) is 4.39 Å². The van der Waals surface area contributed by atoms with E-state index in [-0.39, 0.29) is 5.82 Å². The summed E-state index contributed by atoms with van der Waals surface area (Å²) in [7, 11) is 0. The van der Waals surface area contributed by atoms with Gasteiger partial charge in [0.2, 0.25) is 0 Å². The largest absolute Gasteiger partial charge is 0.313 e. The first kappa shape index (κ1) is 17.0. The van der Waals surface area contributed by atoms with Crippen LogP contribution in [-0.2, 0) is 6.42 Å². The van der Waals surface area contributed by atoms with Gasteiger partial charge in [-0.3, -0.25) is 0 Å². The monoisotopic (exact) mass is 355 g/mol. The van der Waals surface area contributed by atoms with Crippen molar-refractivity contribution in [3.63, 3.8) is 0 Å². The average molecular weight is 356 g/mol. The number of rotatable bonds is 7. The maximum absolute atomic E-state index is 14.2. The molecular formula is C18H27BrFN. The molecule has 0 bridgehead atoms. The van der Waals surface area contributed by atoms with Crippen LogP contribution in [0.3, 0.4) is 0 Å². The fourth-order valence-electron chi connectivity index (χ4n) is 3.76. The first-order chi connectivity index (χ1) is 10.1. The summed E-state index contributed by atoms with van der Waals surface area (Å²) in [6.07, 6.45) is 8.31. The molecule has 1 nitrogen and oxygen atoms in total. The smallest absolute Gasteiger partial charge is 0.127 e. The van der Waals surface area contributed by atoms with Crippen molar-refractivity contribution in [2.75, 3.05) is 6.54 Å². The van der Waals surface area contributed by atoms with Crippen molar-refractivity contribution in [3.8, 4) is 0 Å². The molecule has 1 aromatic carbocycles. The van der Waals surface area contributed by atoms with E-state index >= 15 is 0 Å². The summed E-state index contributed by atoms with van der Waals surface area (Å²) in [5, 5.41) is 3.72. The van der Waals surface area contributed by atoms with Crippen molar-refractivity contribution in [1.29, 1.82) is 0 Å². The Bertz CT molecular complexity index is 455. The van der Waals surface area contributed by atoms with Crippen LogP contribution in [-0.4, -0.2) is 12.6 Å². The standard InChI is InChI=1S/C18H27BrFN/c1-3-11-21-17(18(4-2)9-5-6-10-18)12-14-7-8-15(19)13-16(14)20/h7-8,13,17,21H,3-6,9-12H2,1-2H3. The number of benzene rings is 1. The molecular weight excluding hydrogens is 329 g/mol. The molecule has 0 aromatic heterocycles. The van der Waals surface area contributed by atoms with Crippen molar-refractivity contribution in [2.45, 2.75) is 64.8 Å². The first-order valence-electron chi connectivity index (χ1n) is 8.28. The first-order valence-corrected chi connectivity index (χ1v) is 9.08. The van der Waals surface area contributed by atoms with Gasteiger partial charge in [-0.05, 0) is 61.8 Å². The van der Waals surface area contributed by atoms with E-state index in [4.69, 9.17) is 0 Å². The molecule has 0 amide bonds. The van der Waals surface area contributed by atoms with Gasteiger partial charge in [0.1, 0.15) is 5.82 Å². The summed E-state index contributed by atoms with van der Waals surface area (Å²) < 4.78 is 15.0. The SMILES string of the molecule is CCCNC(Cc1ccc(Br)cc1F)C1(CC)CCCC1. The molecule has 1 N–H and O–H groups in total. The van der Waals surface area contributed by atoms with Gasteiger partial charge in [-0.15, -0.1) is 0 Å². The van der Waals surface area contributed by atoms with Crippen LogP contribution in [0, 0.1) is 11.2 Å². The van der Waals surface area contributed by atoms with Crippen molar-refractivity contribution >= 4 is 15.9 Å². The van der Waals surface area contributed by atoms with Crippen LogP contribution < -0.4 is 5.32 Å². The molecule has 118 valence electrons. The Morgan fingerprint density at radius 1 is 1.29 bits per heavy atom. The molecule has 0 heterocycles. The Labute approximate surface area is 136 Å². The zero-order valence-corrected chi connectivity index (χ0v) is 14.8. The van der Waals surface area contributed by atoms with Gasteiger partial charge in [-0.2, -0.15) is 0 Å². The van der Waals surface area contributed by atoms with Crippen LogP contribution in [0.1, 0.15) is 57.9 Å². The zero-order chi connectivity index (χ0) is 15.3. The molecule has 1 unspecified atom stereocenters. The van der Waals surface area contributed by atoms with E-state index in [0.29, 0.717) is 11.5 Å². The van der Waals surface area contributed by atoms with Crippen LogP contribution in [0.4, 0.5) is 4.39 Å². The minimum absolute atomic E-state index is 0.0862. The van der Waals surface area contributed by atoms with Gasteiger partial charge in [-0.1, -0.05) is 48.7 Å². The molecule has 3 heteroatoms. The van der Waals surface area contributed by atoms with Crippen LogP contribution >= 0.6 is 15.9 Å². The Balaban J connectivity index is 2.19. The van der Waals surface area contributed by atoms with Crippen molar-refractivity contribution in [2.24, 2.45) is 5.41 Å². The molecule has 0 spiro atoms. The van der Waals surface area contributed by atoms with Crippen molar-refractivity contribution < 1.29 is 4.39 Å². The van der Waals surface area contributed by atoms with Crippen molar-refractivity contribution in [1.82, 2.24) is 5.32 Å². The highest BCUT2D eigenvalue weighted by atomic mass is 79.9. The lowest BCUT2D eigenvalue weighted by Crippen LogP contribution is -2.45. The van der Waals surface area contributed by atoms with E-state index in [1.807, 2.05) is 12.1 Å². The maximum atomic E-state index is 14.2. The topological polar surface area (TPSA) is 12.0 Å². The predicted molar refractivity (Wildman–Crippen MR) is 91.1 cm³/mol. The molecule has 1 aromatic rings. The van der Waals surface area contributed by atoms with Crippen LogP contribution in [0.5, 0.6) is 0 Å². The third-order valence-corrected chi connectivity index (χ3v) is 5.62. The second kappa shape index (κ2) is 7.73. The second-order valence-electron chi connectivity index (χ2n) is 6.37. The molecule has 21 heavy (non-hydrogen) atoms. The lowest BCUT2D eigenvalue weighted by Gasteiger charge is -2.38. The lowest BCUT2D eigenvalue weighted by molar-refractivity contribution is 0.183. The lowest BCUT2D eigenvalue weighted by atomic mass is 9.74. The minimum atomic E-state index is -0.0862. The number of hydrogen-bond acceptors (Lipinski definition) is 1. The molecule has 2 rings (SSSR count). The highest BCUT2D eigenvalue weighted by molar-refractivity contribution is 9.10. The van der Waals surface area contributed by atoms with E-state index in [1.165, 1.54) is 32.1 Å². The molecule has 0 saturated heterocycles. The maximum Gasteiger partial charge on any atom is 0.127 e. The fourth-order valence-corrected chi connectivity index (χ4v) is 4.09. The fraction of sp³-hybridized carbons (Fsp3) is 0.667. The number of halogens is 2. The van der Waals surface area contributed by atoms with Crippen LogP contribution in [0.25, 0.3) is 0 Å².